The summed E-state index contributed by atoms with van der Waals surface area (Å²) in [6.45, 7) is 7.72. The summed E-state index contributed by atoms with van der Waals surface area (Å²) in [5, 5.41) is 12.1. The minimum Gasteiger partial charge on any atom is -0.493 e. The summed E-state index contributed by atoms with van der Waals surface area (Å²) in [5.74, 6) is -0.0990. The Morgan fingerprint density at radius 3 is 2.41 bits per heavy atom. The van der Waals surface area contributed by atoms with E-state index >= 15 is 0 Å². The summed E-state index contributed by atoms with van der Waals surface area (Å²) >= 11 is 2.79. The minimum atomic E-state index is -4.35. The molecule has 3 rings (SSSR count). The van der Waals surface area contributed by atoms with Crippen molar-refractivity contribution in [2.24, 2.45) is 0 Å². The van der Waals surface area contributed by atoms with Gasteiger partial charge in [-0.3, -0.25) is 4.79 Å². The fourth-order valence-electron chi connectivity index (χ4n) is 3.14. The van der Waals surface area contributed by atoms with E-state index in [9.17, 15) is 23.1 Å². The zero-order valence-corrected chi connectivity index (χ0v) is 21.0. The van der Waals surface area contributed by atoms with Crippen molar-refractivity contribution in [2.75, 3.05) is 6.61 Å². The van der Waals surface area contributed by atoms with Gasteiger partial charge in [-0.15, -0.1) is 23.1 Å². The summed E-state index contributed by atoms with van der Waals surface area (Å²) < 4.78 is 43.2. The van der Waals surface area contributed by atoms with Crippen LogP contribution < -0.4 is 4.74 Å². The fraction of sp³-hybridized carbons (Fsp3) is 0.360. The maximum atomic E-state index is 12.7. The zero-order chi connectivity index (χ0) is 25.1. The lowest BCUT2D eigenvalue weighted by molar-refractivity contribution is -0.139. The van der Waals surface area contributed by atoms with Crippen LogP contribution in [0.2, 0.25) is 0 Å². The Balaban J connectivity index is 1.55. The van der Waals surface area contributed by atoms with Crippen molar-refractivity contribution in [3.63, 3.8) is 0 Å². The summed E-state index contributed by atoms with van der Waals surface area (Å²) in [5.41, 5.74) is 2.54. The number of hydrogen-bond acceptors (Lipinski definition) is 5. The van der Waals surface area contributed by atoms with Gasteiger partial charge in [-0.25, -0.2) is 4.98 Å². The van der Waals surface area contributed by atoms with Gasteiger partial charge in [-0.2, -0.15) is 13.2 Å². The molecule has 0 amide bonds. The average molecular weight is 510 g/mol. The van der Waals surface area contributed by atoms with Crippen molar-refractivity contribution in [1.29, 1.82) is 0 Å². The number of carboxylic acid groups (broad SMARTS) is 1. The highest BCUT2D eigenvalue weighted by Crippen LogP contribution is 2.37. The predicted octanol–water partition coefficient (Wildman–Crippen LogP) is 7.41. The molecule has 0 aliphatic heterocycles. The van der Waals surface area contributed by atoms with E-state index in [-0.39, 0.29) is 0 Å². The standard InChI is InChI=1S/C25H26F3NO3S2/c1-15-13-21(34-24(3,4)23(30)31)16(2)12-20(15)32-11-5-6-22-29-19(14-33-22)17-7-9-18(10-8-17)25(26,27)28/h7-10,12-14H,5-6,11H2,1-4H3,(H,30,31). The van der Waals surface area contributed by atoms with Gasteiger partial charge in [0.1, 0.15) is 10.5 Å². The molecule has 4 nitrogen and oxygen atoms in total. The molecule has 0 saturated heterocycles. The van der Waals surface area contributed by atoms with Crippen LogP contribution in [0.5, 0.6) is 5.75 Å². The molecule has 0 saturated carbocycles. The molecule has 0 bridgehead atoms. The van der Waals surface area contributed by atoms with E-state index in [2.05, 4.69) is 4.98 Å². The SMILES string of the molecule is Cc1cc(SC(C)(C)C(=O)O)c(C)cc1OCCCc1nc(-c2ccc(C(F)(F)F)cc2)cs1. The first-order valence-corrected chi connectivity index (χ1v) is 12.3. The van der Waals surface area contributed by atoms with Crippen LogP contribution in [0.1, 0.15) is 42.0 Å². The fourth-order valence-corrected chi connectivity index (χ4v) is 5.08. The number of ether oxygens (including phenoxy) is 1. The van der Waals surface area contributed by atoms with Crippen LogP contribution in [0.15, 0.2) is 46.7 Å². The Kier molecular flexibility index (Phi) is 7.98. The van der Waals surface area contributed by atoms with Gasteiger partial charge in [-0.05, 0) is 69.5 Å². The quantitative estimate of drug-likeness (QED) is 0.240. The number of carboxylic acids is 1. The Morgan fingerprint density at radius 1 is 1.12 bits per heavy atom. The zero-order valence-electron chi connectivity index (χ0n) is 19.3. The second-order valence-electron chi connectivity index (χ2n) is 8.45. The smallest absolute Gasteiger partial charge is 0.416 e. The summed E-state index contributed by atoms with van der Waals surface area (Å²) in [6, 6.07) is 8.90. The Hall–Kier alpha value is -2.52. The number of rotatable bonds is 9. The molecule has 182 valence electrons. The van der Waals surface area contributed by atoms with E-state index in [1.54, 1.807) is 13.8 Å². The number of nitrogens with zero attached hydrogens (tertiary/aromatic N) is 1. The monoisotopic (exact) mass is 509 g/mol. The topological polar surface area (TPSA) is 59.4 Å². The lowest BCUT2D eigenvalue weighted by atomic mass is 10.1. The van der Waals surface area contributed by atoms with E-state index in [1.165, 1.54) is 35.2 Å². The molecule has 2 aromatic carbocycles. The highest BCUT2D eigenvalue weighted by atomic mass is 32.2. The normalized spacial score (nSPS) is 12.1. The Bertz CT molecular complexity index is 1160. The van der Waals surface area contributed by atoms with Gasteiger partial charge < -0.3 is 9.84 Å². The highest BCUT2D eigenvalue weighted by molar-refractivity contribution is 8.01. The highest BCUT2D eigenvalue weighted by Gasteiger charge is 2.30. The van der Waals surface area contributed by atoms with Crippen LogP contribution in [0.4, 0.5) is 13.2 Å². The van der Waals surface area contributed by atoms with Crippen molar-refractivity contribution in [2.45, 2.75) is 56.4 Å². The molecule has 1 heterocycles. The van der Waals surface area contributed by atoms with Crippen molar-refractivity contribution in [3.8, 4) is 17.0 Å². The van der Waals surface area contributed by atoms with Gasteiger partial charge in [0.25, 0.3) is 0 Å². The van der Waals surface area contributed by atoms with Crippen molar-refractivity contribution >= 4 is 29.1 Å². The summed E-state index contributed by atoms with van der Waals surface area (Å²) in [7, 11) is 0. The second kappa shape index (κ2) is 10.4. The molecule has 0 aliphatic carbocycles. The maximum Gasteiger partial charge on any atom is 0.416 e. The number of aryl methyl sites for hydroxylation is 3. The number of alkyl halides is 3. The third-order valence-corrected chi connectivity index (χ3v) is 7.46. The van der Waals surface area contributed by atoms with Crippen LogP contribution in [0.25, 0.3) is 11.3 Å². The molecule has 1 aromatic heterocycles. The number of aromatic nitrogens is 1. The molecular formula is C25H26F3NO3S2. The molecule has 0 atom stereocenters. The molecule has 0 radical (unpaired) electrons. The number of carbonyl (C=O) groups is 1. The van der Waals surface area contributed by atoms with Gasteiger partial charge in [-0.1, -0.05) is 12.1 Å². The average Bonchev–Trinajstić information content (AvgIpc) is 3.22. The number of hydrogen-bond donors (Lipinski definition) is 1. The molecule has 34 heavy (non-hydrogen) atoms. The van der Waals surface area contributed by atoms with Crippen LogP contribution in [0, 0.1) is 13.8 Å². The van der Waals surface area contributed by atoms with E-state index in [0.29, 0.717) is 24.3 Å². The lowest BCUT2D eigenvalue weighted by Gasteiger charge is -2.21. The van der Waals surface area contributed by atoms with Crippen molar-refractivity contribution in [3.05, 3.63) is 63.5 Å². The molecule has 0 fully saturated rings. The largest absolute Gasteiger partial charge is 0.493 e. The van der Waals surface area contributed by atoms with Gasteiger partial charge in [0.2, 0.25) is 0 Å². The number of benzene rings is 2. The molecular weight excluding hydrogens is 483 g/mol. The van der Waals surface area contributed by atoms with Crippen LogP contribution >= 0.6 is 23.1 Å². The maximum absolute atomic E-state index is 12.7. The number of halogens is 3. The van der Waals surface area contributed by atoms with E-state index < -0.39 is 22.5 Å². The van der Waals surface area contributed by atoms with E-state index in [0.717, 1.165) is 45.3 Å². The van der Waals surface area contributed by atoms with Crippen LogP contribution in [0.3, 0.4) is 0 Å². The van der Waals surface area contributed by atoms with Gasteiger partial charge in [0, 0.05) is 22.3 Å². The van der Waals surface area contributed by atoms with Gasteiger partial charge in [0.05, 0.1) is 22.9 Å². The molecule has 0 unspecified atom stereocenters. The third kappa shape index (κ3) is 6.54. The summed E-state index contributed by atoms with van der Waals surface area (Å²) in [4.78, 5) is 16.9. The van der Waals surface area contributed by atoms with Crippen molar-refractivity contribution in [1.82, 2.24) is 4.98 Å². The third-order valence-electron chi connectivity index (χ3n) is 5.20. The molecule has 3 aromatic rings. The molecule has 9 heteroatoms. The lowest BCUT2D eigenvalue weighted by Crippen LogP contribution is -2.27. The van der Waals surface area contributed by atoms with E-state index in [1.807, 2.05) is 31.4 Å². The Morgan fingerprint density at radius 2 is 1.79 bits per heavy atom. The summed E-state index contributed by atoms with van der Waals surface area (Å²) in [6.07, 6.45) is -2.91. The van der Waals surface area contributed by atoms with Crippen LogP contribution in [-0.4, -0.2) is 27.4 Å². The Labute approximate surface area is 205 Å². The molecule has 0 spiro atoms. The van der Waals surface area contributed by atoms with Gasteiger partial charge >= 0.3 is 12.1 Å². The van der Waals surface area contributed by atoms with Crippen LogP contribution in [-0.2, 0) is 17.4 Å². The number of aliphatic carboxylic acids is 1. The van der Waals surface area contributed by atoms with Gasteiger partial charge in [0.15, 0.2) is 0 Å². The minimum absolute atomic E-state index is 0.489. The second-order valence-corrected chi connectivity index (χ2v) is 11.1. The van der Waals surface area contributed by atoms with E-state index in [4.69, 9.17) is 4.74 Å². The number of thioether (sulfide) groups is 1. The first kappa shape index (κ1) is 26.1. The number of thiazole rings is 1. The molecule has 1 N–H and O–H groups in total. The predicted molar refractivity (Wildman–Crippen MR) is 130 cm³/mol. The first-order chi connectivity index (χ1) is 15.9. The first-order valence-electron chi connectivity index (χ1n) is 10.7. The van der Waals surface area contributed by atoms with Crippen molar-refractivity contribution < 1.29 is 27.8 Å². The molecule has 0 aliphatic rings.